The van der Waals surface area contributed by atoms with Crippen LogP contribution < -0.4 is 4.90 Å². The lowest BCUT2D eigenvalue weighted by Crippen LogP contribution is -2.21. The molecule has 4 rings (SSSR count). The van der Waals surface area contributed by atoms with Crippen LogP contribution in [0.5, 0.6) is 0 Å². The van der Waals surface area contributed by atoms with Crippen molar-refractivity contribution in [1.82, 2.24) is 14.8 Å². The second kappa shape index (κ2) is 6.61. The van der Waals surface area contributed by atoms with Crippen LogP contribution in [-0.2, 0) is 18.4 Å². The first-order chi connectivity index (χ1) is 11.8. The Morgan fingerprint density at radius 2 is 2.08 bits per heavy atom. The number of rotatable bonds is 5. The average Bonchev–Trinajstić information content (AvgIpc) is 3.23. The third-order valence-electron chi connectivity index (χ3n) is 4.70. The van der Waals surface area contributed by atoms with Crippen LogP contribution in [0.2, 0.25) is 0 Å². The number of benzene rings is 1. The molecule has 0 unspecified atom stereocenters. The number of nitrogens with zero attached hydrogens (tertiary/aromatic N) is 4. The number of hydrogen-bond donors (Lipinski definition) is 0. The minimum absolute atomic E-state index is 0.577. The van der Waals surface area contributed by atoms with Gasteiger partial charge in [0.25, 0.3) is 0 Å². The fourth-order valence-electron chi connectivity index (χ4n) is 3.41. The van der Waals surface area contributed by atoms with E-state index in [0.717, 1.165) is 30.7 Å². The Labute approximate surface area is 141 Å². The summed E-state index contributed by atoms with van der Waals surface area (Å²) in [6, 6.07) is 12.5. The van der Waals surface area contributed by atoms with E-state index in [1.54, 1.807) is 0 Å². The monoisotopic (exact) mass is 322 g/mol. The van der Waals surface area contributed by atoms with Crippen molar-refractivity contribution in [2.45, 2.75) is 13.0 Å². The maximum absolute atomic E-state index is 5.92. The molecular formula is C19H22N4O. The van der Waals surface area contributed by atoms with Gasteiger partial charge in [0.1, 0.15) is 0 Å². The highest BCUT2D eigenvalue weighted by Crippen LogP contribution is 2.29. The number of aromatic nitrogens is 3. The molecule has 0 N–H and O–H groups in total. The van der Waals surface area contributed by atoms with Gasteiger partial charge in [0, 0.05) is 32.3 Å². The highest BCUT2D eigenvalue weighted by Gasteiger charge is 2.24. The summed E-state index contributed by atoms with van der Waals surface area (Å²) in [7, 11) is 1.93. The van der Waals surface area contributed by atoms with Gasteiger partial charge in [-0.3, -0.25) is 4.68 Å². The molecule has 0 spiro atoms. The molecule has 3 aromatic rings. The van der Waals surface area contributed by atoms with Gasteiger partial charge in [0.05, 0.1) is 30.5 Å². The van der Waals surface area contributed by atoms with E-state index in [2.05, 4.69) is 45.3 Å². The van der Waals surface area contributed by atoms with Gasteiger partial charge in [0.15, 0.2) is 5.65 Å². The van der Waals surface area contributed by atoms with Crippen LogP contribution in [0, 0.1) is 5.92 Å². The topological polar surface area (TPSA) is 43.2 Å². The SMILES string of the molecule is Cn1ncc2c(N3CC[C@@H](COCc4ccccc4)C3)ccnc21. The number of anilines is 1. The Morgan fingerprint density at radius 1 is 1.21 bits per heavy atom. The van der Waals surface area contributed by atoms with Crippen molar-refractivity contribution in [1.29, 1.82) is 0 Å². The first-order valence-corrected chi connectivity index (χ1v) is 8.44. The fourth-order valence-corrected chi connectivity index (χ4v) is 3.41. The summed E-state index contributed by atoms with van der Waals surface area (Å²) < 4.78 is 7.75. The number of hydrogen-bond acceptors (Lipinski definition) is 4. The van der Waals surface area contributed by atoms with E-state index in [0.29, 0.717) is 12.5 Å². The molecule has 5 heteroatoms. The zero-order valence-corrected chi connectivity index (χ0v) is 13.9. The van der Waals surface area contributed by atoms with Crippen LogP contribution in [-0.4, -0.2) is 34.5 Å². The molecule has 1 aliphatic heterocycles. The van der Waals surface area contributed by atoms with Gasteiger partial charge in [0.2, 0.25) is 0 Å². The second-order valence-corrected chi connectivity index (χ2v) is 6.44. The average molecular weight is 322 g/mol. The summed E-state index contributed by atoms with van der Waals surface area (Å²) >= 11 is 0. The van der Waals surface area contributed by atoms with E-state index >= 15 is 0 Å². The Kier molecular flexibility index (Phi) is 4.17. The highest BCUT2D eigenvalue weighted by atomic mass is 16.5. The number of aryl methyl sites for hydroxylation is 1. The van der Waals surface area contributed by atoms with Crippen molar-refractivity contribution >= 4 is 16.7 Å². The molecule has 1 fully saturated rings. The van der Waals surface area contributed by atoms with Crippen LogP contribution in [0.15, 0.2) is 48.8 Å². The van der Waals surface area contributed by atoms with E-state index in [4.69, 9.17) is 4.74 Å². The third-order valence-corrected chi connectivity index (χ3v) is 4.70. The van der Waals surface area contributed by atoms with Crippen molar-refractivity contribution < 1.29 is 4.74 Å². The Hall–Kier alpha value is -2.40. The first-order valence-electron chi connectivity index (χ1n) is 8.44. The van der Waals surface area contributed by atoms with Crippen molar-refractivity contribution in [3.63, 3.8) is 0 Å². The maximum Gasteiger partial charge on any atom is 0.159 e. The van der Waals surface area contributed by atoms with Gasteiger partial charge >= 0.3 is 0 Å². The number of pyridine rings is 1. The van der Waals surface area contributed by atoms with E-state index in [1.807, 2.05) is 30.2 Å². The molecule has 0 bridgehead atoms. The summed E-state index contributed by atoms with van der Waals surface area (Å²) in [6.45, 7) is 3.60. The van der Waals surface area contributed by atoms with Crippen molar-refractivity contribution in [2.75, 3.05) is 24.6 Å². The van der Waals surface area contributed by atoms with Crippen molar-refractivity contribution in [3.8, 4) is 0 Å². The molecule has 5 nitrogen and oxygen atoms in total. The lowest BCUT2D eigenvalue weighted by Gasteiger charge is -2.19. The largest absolute Gasteiger partial charge is 0.376 e. The van der Waals surface area contributed by atoms with Crippen molar-refractivity contribution in [2.24, 2.45) is 13.0 Å². The molecule has 124 valence electrons. The quantitative estimate of drug-likeness (QED) is 0.724. The van der Waals surface area contributed by atoms with Gasteiger partial charge in [-0.1, -0.05) is 30.3 Å². The molecule has 0 aliphatic carbocycles. The molecule has 1 aliphatic rings. The van der Waals surface area contributed by atoms with E-state index in [-0.39, 0.29) is 0 Å². The smallest absolute Gasteiger partial charge is 0.159 e. The molecule has 0 saturated carbocycles. The third kappa shape index (κ3) is 2.99. The number of ether oxygens (including phenoxy) is 1. The van der Waals surface area contributed by atoms with E-state index in [1.165, 1.54) is 17.7 Å². The van der Waals surface area contributed by atoms with Gasteiger partial charge in [-0.05, 0) is 18.1 Å². The standard InChI is InChI=1S/C19H22N4O/c1-22-19-17(11-21-22)18(7-9-20-19)23-10-8-16(12-23)14-24-13-15-5-3-2-4-6-15/h2-7,9,11,16H,8,10,12-14H2,1H3/t16-/m1/s1. The van der Waals surface area contributed by atoms with E-state index in [9.17, 15) is 0 Å². The summed E-state index contributed by atoms with van der Waals surface area (Å²) in [4.78, 5) is 6.86. The molecule has 1 aromatic carbocycles. The van der Waals surface area contributed by atoms with Crippen LogP contribution in [0.4, 0.5) is 5.69 Å². The maximum atomic E-state index is 5.92. The predicted molar refractivity (Wildman–Crippen MR) is 94.9 cm³/mol. The van der Waals surface area contributed by atoms with E-state index < -0.39 is 0 Å². The Balaban J connectivity index is 1.37. The minimum Gasteiger partial charge on any atom is -0.376 e. The molecule has 1 saturated heterocycles. The van der Waals surface area contributed by atoms with Crippen molar-refractivity contribution in [3.05, 3.63) is 54.4 Å². The van der Waals surface area contributed by atoms with Crippen LogP contribution in [0.3, 0.4) is 0 Å². The lowest BCUT2D eigenvalue weighted by molar-refractivity contribution is 0.0929. The number of fused-ring (bicyclic) bond motifs is 1. The zero-order chi connectivity index (χ0) is 16.4. The predicted octanol–water partition coefficient (Wildman–Crippen LogP) is 3.01. The lowest BCUT2D eigenvalue weighted by atomic mass is 10.1. The van der Waals surface area contributed by atoms with Gasteiger partial charge in [-0.2, -0.15) is 5.10 Å². The summed E-state index contributed by atoms with van der Waals surface area (Å²) in [5, 5.41) is 5.46. The summed E-state index contributed by atoms with van der Waals surface area (Å²) in [5.41, 5.74) is 3.41. The van der Waals surface area contributed by atoms with Crippen LogP contribution in [0.25, 0.3) is 11.0 Å². The molecule has 2 aromatic heterocycles. The molecule has 24 heavy (non-hydrogen) atoms. The molecule has 3 heterocycles. The Morgan fingerprint density at radius 3 is 2.96 bits per heavy atom. The zero-order valence-electron chi connectivity index (χ0n) is 13.9. The molecular weight excluding hydrogens is 300 g/mol. The summed E-state index contributed by atoms with van der Waals surface area (Å²) in [6.07, 6.45) is 4.95. The summed E-state index contributed by atoms with van der Waals surface area (Å²) in [5.74, 6) is 0.577. The molecule has 0 amide bonds. The van der Waals surface area contributed by atoms with Gasteiger partial charge in [-0.15, -0.1) is 0 Å². The fraction of sp³-hybridized carbons (Fsp3) is 0.368. The molecule has 1 atom stereocenters. The van der Waals surface area contributed by atoms with Gasteiger partial charge in [-0.25, -0.2) is 4.98 Å². The van der Waals surface area contributed by atoms with Gasteiger partial charge < -0.3 is 9.64 Å². The second-order valence-electron chi connectivity index (χ2n) is 6.44. The first kappa shape index (κ1) is 15.1. The molecule has 0 radical (unpaired) electrons. The minimum atomic E-state index is 0.577. The van der Waals surface area contributed by atoms with Crippen LogP contribution >= 0.6 is 0 Å². The normalized spacial score (nSPS) is 17.7. The Bertz CT molecular complexity index is 815. The van der Waals surface area contributed by atoms with Crippen LogP contribution in [0.1, 0.15) is 12.0 Å². The highest BCUT2D eigenvalue weighted by molar-refractivity contribution is 5.89.